The van der Waals surface area contributed by atoms with Crippen LogP contribution in [0.5, 0.6) is 0 Å². The molecule has 0 aliphatic carbocycles. The average Bonchev–Trinajstić information content (AvgIpc) is 2.19. The standard InChI is InChI=1S/C10H13NO2.ClH/c1-2-3-7-13-10(12)9-5-4-6-11-8-9;/h4-6,8H,2-3,7H2,1H3;1H. The second-order valence-corrected chi connectivity index (χ2v) is 2.73. The third-order valence-corrected chi connectivity index (χ3v) is 1.63. The highest BCUT2D eigenvalue weighted by Gasteiger charge is 2.04. The average molecular weight is 216 g/mol. The van der Waals surface area contributed by atoms with E-state index in [0.29, 0.717) is 12.2 Å². The van der Waals surface area contributed by atoms with Gasteiger partial charge < -0.3 is 4.74 Å². The quantitative estimate of drug-likeness (QED) is 0.572. The lowest BCUT2D eigenvalue weighted by atomic mass is 10.3. The minimum Gasteiger partial charge on any atom is -0.462 e. The Hall–Kier alpha value is -1.09. The summed E-state index contributed by atoms with van der Waals surface area (Å²) in [5.41, 5.74) is 0.513. The lowest BCUT2D eigenvalue weighted by molar-refractivity contribution is 0.0499. The van der Waals surface area contributed by atoms with Crippen LogP contribution in [0.4, 0.5) is 0 Å². The Kier molecular flexibility index (Phi) is 6.76. The second kappa shape index (κ2) is 7.33. The first kappa shape index (κ1) is 12.9. The van der Waals surface area contributed by atoms with Gasteiger partial charge in [-0.25, -0.2) is 4.79 Å². The number of rotatable bonds is 4. The fourth-order valence-electron chi connectivity index (χ4n) is 0.876. The summed E-state index contributed by atoms with van der Waals surface area (Å²) in [6.07, 6.45) is 5.07. The van der Waals surface area contributed by atoms with Crippen LogP contribution in [0.2, 0.25) is 0 Å². The predicted molar refractivity (Wildman–Crippen MR) is 56.7 cm³/mol. The van der Waals surface area contributed by atoms with Gasteiger partial charge in [-0.05, 0) is 18.6 Å². The van der Waals surface area contributed by atoms with Crippen LogP contribution >= 0.6 is 12.4 Å². The van der Waals surface area contributed by atoms with Crippen LogP contribution in [0, 0.1) is 0 Å². The van der Waals surface area contributed by atoms with E-state index in [9.17, 15) is 4.79 Å². The summed E-state index contributed by atoms with van der Waals surface area (Å²) in [5.74, 6) is -0.290. The minimum atomic E-state index is -0.290. The number of hydrogen-bond donors (Lipinski definition) is 0. The molecule has 0 aliphatic rings. The molecule has 0 atom stereocenters. The Morgan fingerprint density at radius 2 is 2.36 bits per heavy atom. The topological polar surface area (TPSA) is 39.2 Å². The summed E-state index contributed by atoms with van der Waals surface area (Å²) >= 11 is 0. The SMILES string of the molecule is CCCCOC(=O)c1cccnc1.Cl. The molecule has 1 aromatic rings. The van der Waals surface area contributed by atoms with Gasteiger partial charge in [0.25, 0.3) is 0 Å². The fraction of sp³-hybridized carbons (Fsp3) is 0.400. The molecular weight excluding hydrogens is 202 g/mol. The highest BCUT2D eigenvalue weighted by molar-refractivity contribution is 5.88. The van der Waals surface area contributed by atoms with Crippen molar-refractivity contribution in [3.63, 3.8) is 0 Å². The zero-order valence-corrected chi connectivity index (χ0v) is 8.92. The van der Waals surface area contributed by atoms with E-state index in [1.54, 1.807) is 18.3 Å². The van der Waals surface area contributed by atoms with E-state index >= 15 is 0 Å². The summed E-state index contributed by atoms with van der Waals surface area (Å²) in [6.45, 7) is 2.54. The Balaban J connectivity index is 0.00000169. The highest BCUT2D eigenvalue weighted by atomic mass is 35.5. The Morgan fingerprint density at radius 1 is 1.57 bits per heavy atom. The first-order valence-corrected chi connectivity index (χ1v) is 4.41. The zero-order valence-electron chi connectivity index (χ0n) is 8.10. The Labute approximate surface area is 89.9 Å². The van der Waals surface area contributed by atoms with E-state index in [-0.39, 0.29) is 18.4 Å². The number of esters is 1. The van der Waals surface area contributed by atoms with Gasteiger partial charge in [0.2, 0.25) is 0 Å². The number of halogens is 1. The summed E-state index contributed by atoms with van der Waals surface area (Å²) < 4.78 is 4.99. The van der Waals surface area contributed by atoms with Crippen LogP contribution in [0.1, 0.15) is 30.1 Å². The molecule has 0 bridgehead atoms. The van der Waals surface area contributed by atoms with E-state index in [0.717, 1.165) is 12.8 Å². The smallest absolute Gasteiger partial charge is 0.339 e. The van der Waals surface area contributed by atoms with E-state index < -0.39 is 0 Å². The van der Waals surface area contributed by atoms with Gasteiger partial charge in [-0.15, -0.1) is 12.4 Å². The van der Waals surface area contributed by atoms with E-state index in [1.165, 1.54) is 6.20 Å². The number of unbranched alkanes of at least 4 members (excludes halogenated alkanes) is 1. The van der Waals surface area contributed by atoms with E-state index in [1.807, 2.05) is 0 Å². The summed E-state index contributed by atoms with van der Waals surface area (Å²) in [7, 11) is 0. The minimum absolute atomic E-state index is 0. The van der Waals surface area contributed by atoms with Gasteiger partial charge in [-0.1, -0.05) is 13.3 Å². The van der Waals surface area contributed by atoms with Gasteiger partial charge in [0, 0.05) is 12.4 Å². The molecule has 0 aliphatic heterocycles. The third kappa shape index (κ3) is 4.23. The lowest BCUT2D eigenvalue weighted by Gasteiger charge is -2.02. The monoisotopic (exact) mass is 215 g/mol. The van der Waals surface area contributed by atoms with Gasteiger partial charge in [-0.2, -0.15) is 0 Å². The number of carbonyl (C=O) groups is 1. The maximum atomic E-state index is 11.3. The van der Waals surface area contributed by atoms with Crippen molar-refractivity contribution in [1.29, 1.82) is 0 Å². The van der Waals surface area contributed by atoms with Crippen LogP contribution in [0.25, 0.3) is 0 Å². The number of nitrogens with zero attached hydrogens (tertiary/aromatic N) is 1. The van der Waals surface area contributed by atoms with Crippen LogP contribution in [-0.4, -0.2) is 17.6 Å². The molecule has 0 N–H and O–H groups in total. The molecule has 0 amide bonds. The number of hydrogen-bond acceptors (Lipinski definition) is 3. The zero-order chi connectivity index (χ0) is 9.52. The first-order valence-electron chi connectivity index (χ1n) is 4.41. The number of pyridine rings is 1. The van der Waals surface area contributed by atoms with Gasteiger partial charge in [0.15, 0.2) is 0 Å². The molecule has 0 spiro atoms. The number of ether oxygens (including phenoxy) is 1. The molecule has 0 unspecified atom stereocenters. The number of carbonyl (C=O) groups excluding carboxylic acids is 1. The maximum Gasteiger partial charge on any atom is 0.339 e. The maximum absolute atomic E-state index is 11.3. The summed E-state index contributed by atoms with van der Waals surface area (Å²) in [5, 5.41) is 0. The van der Waals surface area contributed by atoms with E-state index in [2.05, 4.69) is 11.9 Å². The van der Waals surface area contributed by atoms with Crippen LogP contribution in [-0.2, 0) is 4.74 Å². The van der Waals surface area contributed by atoms with E-state index in [4.69, 9.17) is 4.74 Å². The first-order chi connectivity index (χ1) is 6.34. The molecule has 4 heteroatoms. The van der Waals surface area contributed by atoms with Crippen molar-refractivity contribution in [3.05, 3.63) is 30.1 Å². The molecule has 0 saturated carbocycles. The van der Waals surface area contributed by atoms with Crippen molar-refractivity contribution in [3.8, 4) is 0 Å². The van der Waals surface area contributed by atoms with Crippen molar-refractivity contribution in [1.82, 2.24) is 4.98 Å². The summed E-state index contributed by atoms with van der Waals surface area (Å²) in [6, 6.07) is 3.41. The van der Waals surface area contributed by atoms with Gasteiger partial charge in [-0.3, -0.25) is 4.98 Å². The molecule has 0 saturated heterocycles. The predicted octanol–water partition coefficient (Wildman–Crippen LogP) is 2.46. The molecule has 1 rings (SSSR count). The highest BCUT2D eigenvalue weighted by Crippen LogP contribution is 1.99. The van der Waals surface area contributed by atoms with Crippen molar-refractivity contribution in [2.24, 2.45) is 0 Å². The van der Waals surface area contributed by atoms with Gasteiger partial charge >= 0.3 is 5.97 Å². The van der Waals surface area contributed by atoms with Crippen molar-refractivity contribution in [2.45, 2.75) is 19.8 Å². The molecular formula is C10H14ClNO2. The lowest BCUT2D eigenvalue weighted by Crippen LogP contribution is -2.06. The van der Waals surface area contributed by atoms with Crippen molar-refractivity contribution in [2.75, 3.05) is 6.61 Å². The molecule has 3 nitrogen and oxygen atoms in total. The van der Waals surface area contributed by atoms with Gasteiger partial charge in [0.1, 0.15) is 0 Å². The third-order valence-electron chi connectivity index (χ3n) is 1.63. The number of aromatic nitrogens is 1. The molecule has 0 aromatic carbocycles. The van der Waals surface area contributed by atoms with Crippen LogP contribution in [0.3, 0.4) is 0 Å². The molecule has 0 radical (unpaired) electrons. The van der Waals surface area contributed by atoms with Gasteiger partial charge in [0.05, 0.1) is 12.2 Å². The Bertz CT molecular complexity index is 264. The van der Waals surface area contributed by atoms with Crippen molar-refractivity contribution < 1.29 is 9.53 Å². The molecule has 0 fully saturated rings. The molecule has 14 heavy (non-hydrogen) atoms. The van der Waals surface area contributed by atoms with Crippen LogP contribution < -0.4 is 0 Å². The second-order valence-electron chi connectivity index (χ2n) is 2.73. The normalized spacial score (nSPS) is 8.93. The Morgan fingerprint density at radius 3 is 2.93 bits per heavy atom. The van der Waals surface area contributed by atoms with Crippen LogP contribution in [0.15, 0.2) is 24.5 Å². The van der Waals surface area contributed by atoms with Crippen molar-refractivity contribution >= 4 is 18.4 Å². The molecule has 1 heterocycles. The largest absolute Gasteiger partial charge is 0.462 e. The summed E-state index contributed by atoms with van der Waals surface area (Å²) in [4.78, 5) is 15.1. The molecule has 1 aromatic heterocycles. The molecule has 78 valence electrons. The fourth-order valence-corrected chi connectivity index (χ4v) is 0.876.